The van der Waals surface area contributed by atoms with Crippen LogP contribution in [-0.4, -0.2) is 56.6 Å². The highest BCUT2D eigenvalue weighted by Crippen LogP contribution is 2.22. The van der Waals surface area contributed by atoms with Crippen LogP contribution in [0.1, 0.15) is 33.1 Å². The molecule has 7 nitrogen and oxygen atoms in total. The fourth-order valence-corrected chi connectivity index (χ4v) is 3.82. The lowest BCUT2D eigenvalue weighted by molar-refractivity contribution is 0.0627. The number of hydrogen-bond acceptors (Lipinski definition) is 5. The topological polar surface area (TPSA) is 67.4 Å². The molecular weight excluding hydrogens is 354 g/mol. The van der Waals surface area contributed by atoms with Crippen LogP contribution in [0.4, 0.5) is 0 Å². The van der Waals surface area contributed by atoms with E-state index in [2.05, 4.69) is 15.0 Å². The fourth-order valence-electron chi connectivity index (χ4n) is 3.82. The number of aryl methyl sites for hydroxylation is 2. The number of aromatic nitrogens is 3. The van der Waals surface area contributed by atoms with E-state index in [1.807, 2.05) is 66.9 Å². The third-order valence-electron chi connectivity index (χ3n) is 5.32. The zero-order valence-corrected chi connectivity index (χ0v) is 16.6. The first-order valence-corrected chi connectivity index (χ1v) is 9.56. The molecule has 0 N–H and O–H groups in total. The number of carbonyl (C=O) groups is 1. The minimum absolute atomic E-state index is 0.0862. The maximum Gasteiger partial charge on any atom is 0.255 e. The molecular formula is C21H25N5O2. The molecule has 0 unspecified atom stereocenters. The van der Waals surface area contributed by atoms with Gasteiger partial charge in [0.15, 0.2) is 5.82 Å². The van der Waals surface area contributed by atoms with Gasteiger partial charge in [0, 0.05) is 62.6 Å². The van der Waals surface area contributed by atoms with E-state index in [0.717, 1.165) is 55.4 Å². The monoisotopic (exact) mass is 379 g/mol. The third kappa shape index (κ3) is 3.57. The Bertz CT molecular complexity index is 968. The van der Waals surface area contributed by atoms with Crippen molar-refractivity contribution < 1.29 is 9.32 Å². The van der Waals surface area contributed by atoms with Crippen molar-refractivity contribution in [2.45, 2.75) is 27.3 Å². The molecule has 1 saturated heterocycles. The normalized spacial score (nSPS) is 15.2. The number of carbonyl (C=O) groups excluding carboxylic acids is 1. The second-order valence-corrected chi connectivity index (χ2v) is 7.34. The van der Waals surface area contributed by atoms with Crippen molar-refractivity contribution in [3.63, 3.8) is 0 Å². The van der Waals surface area contributed by atoms with Crippen LogP contribution in [0.15, 0.2) is 41.2 Å². The zero-order valence-electron chi connectivity index (χ0n) is 16.6. The van der Waals surface area contributed by atoms with Gasteiger partial charge in [-0.25, -0.2) is 0 Å². The number of piperazine rings is 1. The largest absolute Gasteiger partial charge is 0.360 e. The summed E-state index contributed by atoms with van der Waals surface area (Å²) in [6.45, 7) is 9.91. The fraction of sp³-hybridized carbons (Fsp3) is 0.381. The van der Waals surface area contributed by atoms with Crippen molar-refractivity contribution in [2.75, 3.05) is 26.2 Å². The number of rotatable bonds is 4. The molecule has 146 valence electrons. The molecule has 0 spiro atoms. The third-order valence-corrected chi connectivity index (χ3v) is 5.32. The van der Waals surface area contributed by atoms with E-state index in [1.54, 1.807) is 0 Å². The maximum absolute atomic E-state index is 13.1. The molecule has 0 aliphatic carbocycles. The van der Waals surface area contributed by atoms with Gasteiger partial charge in [0.2, 0.25) is 0 Å². The van der Waals surface area contributed by atoms with Crippen molar-refractivity contribution in [3.05, 3.63) is 64.9 Å². The van der Waals surface area contributed by atoms with Gasteiger partial charge in [-0.3, -0.25) is 19.2 Å². The summed E-state index contributed by atoms with van der Waals surface area (Å²) in [6, 6.07) is 7.91. The zero-order chi connectivity index (χ0) is 19.7. The molecule has 28 heavy (non-hydrogen) atoms. The molecule has 0 aromatic carbocycles. The molecule has 1 aliphatic heterocycles. The number of pyridine rings is 1. The summed E-state index contributed by atoms with van der Waals surface area (Å²) in [7, 11) is 0. The molecule has 7 heteroatoms. The Labute approximate surface area is 164 Å². The highest BCUT2D eigenvalue weighted by molar-refractivity contribution is 5.96. The van der Waals surface area contributed by atoms with Crippen LogP contribution in [0.5, 0.6) is 0 Å². The number of nitrogens with zero attached hydrogens (tertiary/aromatic N) is 5. The summed E-state index contributed by atoms with van der Waals surface area (Å²) in [5, 5.41) is 4.09. The summed E-state index contributed by atoms with van der Waals surface area (Å²) in [5.74, 6) is 1.55. The molecule has 0 saturated carbocycles. The first-order chi connectivity index (χ1) is 13.5. The van der Waals surface area contributed by atoms with Gasteiger partial charge in [-0.2, -0.15) is 0 Å². The molecule has 1 amide bonds. The van der Waals surface area contributed by atoms with Gasteiger partial charge in [-0.1, -0.05) is 5.16 Å². The highest BCUT2D eigenvalue weighted by Gasteiger charge is 2.26. The molecule has 0 bridgehead atoms. The van der Waals surface area contributed by atoms with Crippen LogP contribution in [0.2, 0.25) is 0 Å². The van der Waals surface area contributed by atoms with E-state index >= 15 is 0 Å². The SMILES string of the molecule is Cc1cc(-n2c(C)cc(C(=O)N3CCN(Cc4ccncc4)CC3)c2C)no1. The minimum atomic E-state index is 0.0862. The van der Waals surface area contributed by atoms with Gasteiger partial charge < -0.3 is 9.42 Å². The first kappa shape index (κ1) is 18.4. The minimum Gasteiger partial charge on any atom is -0.360 e. The van der Waals surface area contributed by atoms with E-state index in [9.17, 15) is 4.79 Å². The van der Waals surface area contributed by atoms with Crippen molar-refractivity contribution in [3.8, 4) is 5.82 Å². The van der Waals surface area contributed by atoms with E-state index in [1.165, 1.54) is 5.56 Å². The van der Waals surface area contributed by atoms with Gasteiger partial charge in [0.1, 0.15) is 5.76 Å². The smallest absolute Gasteiger partial charge is 0.255 e. The van der Waals surface area contributed by atoms with E-state index < -0.39 is 0 Å². The van der Waals surface area contributed by atoms with E-state index in [0.29, 0.717) is 5.82 Å². The summed E-state index contributed by atoms with van der Waals surface area (Å²) in [6.07, 6.45) is 3.64. The van der Waals surface area contributed by atoms with Crippen molar-refractivity contribution in [1.29, 1.82) is 0 Å². The lowest BCUT2D eigenvalue weighted by atomic mass is 10.2. The lowest BCUT2D eigenvalue weighted by Gasteiger charge is -2.34. The average Bonchev–Trinajstić information content (AvgIpc) is 3.25. The first-order valence-electron chi connectivity index (χ1n) is 9.56. The molecule has 1 fully saturated rings. The Morgan fingerprint density at radius 1 is 1.07 bits per heavy atom. The molecule has 3 aromatic heterocycles. The summed E-state index contributed by atoms with van der Waals surface area (Å²) in [5.41, 5.74) is 3.86. The number of amides is 1. The number of hydrogen-bond donors (Lipinski definition) is 0. The van der Waals surface area contributed by atoms with Crippen LogP contribution in [0, 0.1) is 20.8 Å². The van der Waals surface area contributed by atoms with E-state index in [4.69, 9.17) is 4.52 Å². The summed E-state index contributed by atoms with van der Waals surface area (Å²) in [4.78, 5) is 21.5. The van der Waals surface area contributed by atoms with E-state index in [-0.39, 0.29) is 5.91 Å². The van der Waals surface area contributed by atoms with Crippen LogP contribution in [0.3, 0.4) is 0 Å². The summed E-state index contributed by atoms with van der Waals surface area (Å²) < 4.78 is 7.18. The van der Waals surface area contributed by atoms with Crippen LogP contribution in [-0.2, 0) is 6.54 Å². The van der Waals surface area contributed by atoms with Crippen molar-refractivity contribution >= 4 is 5.91 Å². The van der Waals surface area contributed by atoms with Crippen LogP contribution in [0.25, 0.3) is 5.82 Å². The molecule has 4 rings (SSSR count). The van der Waals surface area contributed by atoms with Gasteiger partial charge in [-0.15, -0.1) is 0 Å². The molecule has 0 atom stereocenters. The maximum atomic E-state index is 13.1. The van der Waals surface area contributed by atoms with Gasteiger partial charge in [0.25, 0.3) is 5.91 Å². The van der Waals surface area contributed by atoms with Crippen LogP contribution < -0.4 is 0 Å². The quantitative estimate of drug-likeness (QED) is 0.697. The highest BCUT2D eigenvalue weighted by atomic mass is 16.5. The van der Waals surface area contributed by atoms with Crippen molar-refractivity contribution in [2.24, 2.45) is 0 Å². The summed E-state index contributed by atoms with van der Waals surface area (Å²) >= 11 is 0. The Morgan fingerprint density at radius 2 is 1.79 bits per heavy atom. The molecule has 4 heterocycles. The molecule has 1 aliphatic rings. The Hall–Kier alpha value is -2.93. The van der Waals surface area contributed by atoms with Gasteiger partial charge in [-0.05, 0) is 44.5 Å². The lowest BCUT2D eigenvalue weighted by Crippen LogP contribution is -2.48. The van der Waals surface area contributed by atoms with Gasteiger partial charge >= 0.3 is 0 Å². The Kier molecular flexibility index (Phi) is 5.00. The molecule has 0 radical (unpaired) electrons. The molecule has 3 aromatic rings. The van der Waals surface area contributed by atoms with Gasteiger partial charge in [0.05, 0.1) is 5.56 Å². The van der Waals surface area contributed by atoms with Crippen LogP contribution >= 0.6 is 0 Å². The average molecular weight is 379 g/mol. The predicted octanol–water partition coefficient (Wildman–Crippen LogP) is 2.74. The Balaban J connectivity index is 1.44. The predicted molar refractivity (Wildman–Crippen MR) is 105 cm³/mol. The second-order valence-electron chi connectivity index (χ2n) is 7.34. The van der Waals surface area contributed by atoms with Crippen molar-refractivity contribution in [1.82, 2.24) is 24.5 Å². The standard InChI is InChI=1S/C21H25N5O2/c1-15-12-19(17(3)26(15)20-13-16(2)28-23-20)21(27)25-10-8-24(9-11-25)14-18-4-6-22-7-5-18/h4-7,12-13H,8-11,14H2,1-3H3. The second kappa shape index (κ2) is 7.59. The Morgan fingerprint density at radius 3 is 2.43 bits per heavy atom.